The Morgan fingerprint density at radius 2 is 2.36 bits per heavy atom. The third-order valence-electron chi connectivity index (χ3n) is 2.44. The van der Waals surface area contributed by atoms with Crippen molar-refractivity contribution in [1.82, 2.24) is 0 Å². The Morgan fingerprint density at radius 1 is 1.57 bits per heavy atom. The molecule has 0 saturated carbocycles. The van der Waals surface area contributed by atoms with Gasteiger partial charge in [-0.25, -0.2) is 4.39 Å². The molecule has 2 nitrogen and oxygen atoms in total. The van der Waals surface area contributed by atoms with Crippen LogP contribution in [0.2, 0.25) is 0 Å². The van der Waals surface area contributed by atoms with E-state index in [2.05, 4.69) is 0 Å². The first-order chi connectivity index (χ1) is 6.77. The molecule has 1 aliphatic rings. The summed E-state index contributed by atoms with van der Waals surface area (Å²) < 4.78 is 23.7. The summed E-state index contributed by atoms with van der Waals surface area (Å²) >= 11 is 0. The molecule has 2 rings (SSSR count). The highest BCUT2D eigenvalue weighted by atomic mass is 19.1. The van der Waals surface area contributed by atoms with E-state index in [0.29, 0.717) is 17.9 Å². The summed E-state index contributed by atoms with van der Waals surface area (Å²) in [7, 11) is 0. The first-order valence-corrected chi connectivity index (χ1v) is 4.77. The monoisotopic (exact) mass is 196 g/mol. The van der Waals surface area contributed by atoms with E-state index in [1.807, 2.05) is 0 Å². The minimum absolute atomic E-state index is 0.192. The van der Waals surface area contributed by atoms with E-state index >= 15 is 0 Å². The first kappa shape index (κ1) is 9.46. The number of hydrogen-bond acceptors (Lipinski definition) is 2. The van der Waals surface area contributed by atoms with Crippen LogP contribution in [0, 0.1) is 12.7 Å². The van der Waals surface area contributed by atoms with Gasteiger partial charge in [0.15, 0.2) is 0 Å². The predicted molar refractivity (Wildman–Crippen MR) is 51.0 cm³/mol. The van der Waals surface area contributed by atoms with E-state index in [0.717, 1.165) is 13.0 Å². The Morgan fingerprint density at radius 3 is 3.00 bits per heavy atom. The number of rotatable bonds is 3. The molecular formula is C11H13FO2. The summed E-state index contributed by atoms with van der Waals surface area (Å²) in [6, 6.07) is 4.86. The van der Waals surface area contributed by atoms with Crippen LogP contribution in [0.15, 0.2) is 18.2 Å². The molecule has 1 aromatic rings. The smallest absolute Gasteiger partial charge is 0.129 e. The van der Waals surface area contributed by atoms with Crippen molar-refractivity contribution in [2.45, 2.75) is 19.4 Å². The molecule has 0 bridgehead atoms. The van der Waals surface area contributed by atoms with Gasteiger partial charge in [0.05, 0.1) is 6.10 Å². The molecule has 1 aliphatic heterocycles. The van der Waals surface area contributed by atoms with Gasteiger partial charge in [0.2, 0.25) is 0 Å². The van der Waals surface area contributed by atoms with E-state index in [9.17, 15) is 4.39 Å². The van der Waals surface area contributed by atoms with Gasteiger partial charge < -0.3 is 9.47 Å². The van der Waals surface area contributed by atoms with Crippen molar-refractivity contribution in [2.75, 3.05) is 13.2 Å². The maximum absolute atomic E-state index is 13.1. The van der Waals surface area contributed by atoms with Gasteiger partial charge >= 0.3 is 0 Å². The molecule has 3 heteroatoms. The fourth-order valence-electron chi connectivity index (χ4n) is 1.34. The van der Waals surface area contributed by atoms with Crippen LogP contribution >= 0.6 is 0 Å². The highest BCUT2D eigenvalue weighted by Gasteiger charge is 2.19. The summed E-state index contributed by atoms with van der Waals surface area (Å²) in [6.07, 6.45) is 1.23. The van der Waals surface area contributed by atoms with Gasteiger partial charge in [0.1, 0.15) is 18.2 Å². The molecular weight excluding hydrogens is 183 g/mol. The Kier molecular flexibility index (Phi) is 2.68. The summed E-state index contributed by atoms with van der Waals surface area (Å²) in [5, 5.41) is 0. The second-order valence-electron chi connectivity index (χ2n) is 3.46. The minimum atomic E-state index is -0.225. The summed E-state index contributed by atoms with van der Waals surface area (Å²) in [5.74, 6) is 0.387. The van der Waals surface area contributed by atoms with E-state index in [4.69, 9.17) is 9.47 Å². The van der Waals surface area contributed by atoms with Gasteiger partial charge in [-0.1, -0.05) is 6.07 Å². The number of ether oxygens (including phenoxy) is 2. The van der Waals surface area contributed by atoms with Gasteiger partial charge in [0, 0.05) is 18.6 Å². The average Bonchev–Trinajstić information content (AvgIpc) is 2.09. The SMILES string of the molecule is Cc1c(F)cccc1OCC1CCO1. The molecule has 0 spiro atoms. The topological polar surface area (TPSA) is 18.5 Å². The van der Waals surface area contributed by atoms with Gasteiger partial charge in [-0.2, -0.15) is 0 Å². The second kappa shape index (κ2) is 3.96. The standard InChI is InChI=1S/C11H13FO2/c1-8-10(12)3-2-4-11(8)14-7-9-5-6-13-9/h2-4,9H,5-7H2,1H3. The van der Waals surface area contributed by atoms with Crippen molar-refractivity contribution in [3.05, 3.63) is 29.6 Å². The largest absolute Gasteiger partial charge is 0.491 e. The summed E-state index contributed by atoms with van der Waals surface area (Å²) in [4.78, 5) is 0. The van der Waals surface area contributed by atoms with Gasteiger partial charge in [-0.15, -0.1) is 0 Å². The molecule has 1 aromatic carbocycles. The second-order valence-corrected chi connectivity index (χ2v) is 3.46. The maximum atomic E-state index is 13.1. The molecule has 1 atom stereocenters. The molecule has 0 aromatic heterocycles. The maximum Gasteiger partial charge on any atom is 0.129 e. The zero-order chi connectivity index (χ0) is 9.97. The lowest BCUT2D eigenvalue weighted by Crippen LogP contribution is -2.32. The van der Waals surface area contributed by atoms with E-state index in [1.165, 1.54) is 6.07 Å². The van der Waals surface area contributed by atoms with Crippen LogP contribution < -0.4 is 4.74 Å². The van der Waals surface area contributed by atoms with Crippen molar-refractivity contribution in [2.24, 2.45) is 0 Å². The molecule has 1 fully saturated rings. The summed E-state index contributed by atoms with van der Waals surface area (Å²) in [5.41, 5.74) is 0.562. The molecule has 14 heavy (non-hydrogen) atoms. The molecule has 0 aliphatic carbocycles. The predicted octanol–water partition coefficient (Wildman–Crippen LogP) is 2.30. The summed E-state index contributed by atoms with van der Waals surface area (Å²) in [6.45, 7) is 3.05. The third kappa shape index (κ3) is 1.87. The lowest BCUT2D eigenvalue weighted by molar-refractivity contribution is -0.0722. The zero-order valence-electron chi connectivity index (χ0n) is 8.13. The third-order valence-corrected chi connectivity index (χ3v) is 2.44. The van der Waals surface area contributed by atoms with Crippen molar-refractivity contribution in [3.63, 3.8) is 0 Å². The Labute approximate surface area is 82.6 Å². The molecule has 0 radical (unpaired) electrons. The van der Waals surface area contributed by atoms with Crippen molar-refractivity contribution >= 4 is 0 Å². The van der Waals surface area contributed by atoms with Crippen LogP contribution in [0.4, 0.5) is 4.39 Å². The molecule has 1 saturated heterocycles. The molecule has 0 amide bonds. The zero-order valence-corrected chi connectivity index (χ0v) is 8.13. The van der Waals surface area contributed by atoms with Crippen LogP contribution in [0.5, 0.6) is 5.75 Å². The quantitative estimate of drug-likeness (QED) is 0.738. The van der Waals surface area contributed by atoms with Crippen LogP contribution in [0.1, 0.15) is 12.0 Å². The van der Waals surface area contributed by atoms with Crippen molar-refractivity contribution in [1.29, 1.82) is 0 Å². The Hall–Kier alpha value is -1.09. The van der Waals surface area contributed by atoms with Crippen LogP contribution in [0.3, 0.4) is 0 Å². The molecule has 0 N–H and O–H groups in total. The highest BCUT2D eigenvalue weighted by molar-refractivity contribution is 5.33. The highest BCUT2D eigenvalue weighted by Crippen LogP contribution is 2.21. The minimum Gasteiger partial charge on any atom is -0.491 e. The van der Waals surface area contributed by atoms with Gasteiger partial charge in [-0.3, -0.25) is 0 Å². The average molecular weight is 196 g/mol. The lowest BCUT2D eigenvalue weighted by atomic mass is 10.2. The van der Waals surface area contributed by atoms with Crippen LogP contribution in [0.25, 0.3) is 0 Å². The van der Waals surface area contributed by atoms with Crippen molar-refractivity contribution < 1.29 is 13.9 Å². The van der Waals surface area contributed by atoms with E-state index < -0.39 is 0 Å². The Bertz CT molecular complexity index is 321. The fraction of sp³-hybridized carbons (Fsp3) is 0.455. The molecule has 1 unspecified atom stereocenters. The van der Waals surface area contributed by atoms with Crippen LogP contribution in [-0.2, 0) is 4.74 Å². The molecule has 76 valence electrons. The van der Waals surface area contributed by atoms with E-state index in [-0.39, 0.29) is 11.9 Å². The Balaban J connectivity index is 1.97. The lowest BCUT2D eigenvalue weighted by Gasteiger charge is -2.26. The van der Waals surface area contributed by atoms with Crippen LogP contribution in [-0.4, -0.2) is 19.3 Å². The van der Waals surface area contributed by atoms with Gasteiger partial charge in [-0.05, 0) is 19.1 Å². The van der Waals surface area contributed by atoms with Crippen molar-refractivity contribution in [3.8, 4) is 5.75 Å². The normalized spacial score (nSPS) is 20.3. The molecule has 1 heterocycles. The fourth-order valence-corrected chi connectivity index (χ4v) is 1.34. The number of hydrogen-bond donors (Lipinski definition) is 0. The van der Waals surface area contributed by atoms with Gasteiger partial charge in [0.25, 0.3) is 0 Å². The first-order valence-electron chi connectivity index (χ1n) is 4.77. The number of benzene rings is 1. The number of halogens is 1. The van der Waals surface area contributed by atoms with E-state index in [1.54, 1.807) is 19.1 Å².